The van der Waals surface area contributed by atoms with E-state index in [-0.39, 0.29) is 21.1 Å². The first-order valence-corrected chi connectivity index (χ1v) is 9.61. The number of benzene rings is 2. The van der Waals surface area contributed by atoms with Crippen molar-refractivity contribution in [3.8, 4) is 0 Å². The number of carbonyl (C=O) groups is 3. The third kappa shape index (κ3) is 4.61. The summed E-state index contributed by atoms with van der Waals surface area (Å²) < 4.78 is 0.202. The fourth-order valence-electron chi connectivity index (χ4n) is 2.74. The van der Waals surface area contributed by atoms with E-state index in [1.54, 1.807) is 6.08 Å². The van der Waals surface area contributed by atoms with Gasteiger partial charge in [-0.2, -0.15) is 0 Å². The van der Waals surface area contributed by atoms with Gasteiger partial charge in [-0.25, -0.2) is 9.59 Å². The van der Waals surface area contributed by atoms with Crippen LogP contribution < -0.4 is 4.90 Å². The van der Waals surface area contributed by atoms with Gasteiger partial charge in [0.2, 0.25) is 0 Å². The predicted octanol–water partition coefficient (Wildman–Crippen LogP) is 4.44. The maximum atomic E-state index is 12.9. The molecule has 1 fully saturated rings. The zero-order valence-electron chi connectivity index (χ0n) is 15.2. The Morgan fingerprint density at radius 3 is 2.17 bits per heavy atom. The van der Waals surface area contributed by atoms with Crippen LogP contribution in [0.5, 0.6) is 0 Å². The lowest BCUT2D eigenvalue weighted by Gasteiger charge is -2.16. The molecule has 1 aliphatic rings. The lowest BCUT2D eigenvalue weighted by molar-refractivity contribution is -0.113. The van der Waals surface area contributed by atoms with Gasteiger partial charge in [-0.15, -0.1) is 0 Å². The summed E-state index contributed by atoms with van der Waals surface area (Å²) in [6.07, 6.45) is 3.62. The van der Waals surface area contributed by atoms with Crippen molar-refractivity contribution in [2.75, 3.05) is 4.90 Å². The standard InChI is InChI=1S/C21H15NO5S2/c1-12(7-13-5-3-2-4-6-13)8-17-18(23)22(21(28)29-17)16-10-14(19(24)25)9-15(11-16)20(26)27/h2-11H,1H3,(H,24,25)(H,26,27). The first-order chi connectivity index (χ1) is 13.8. The molecule has 0 atom stereocenters. The highest BCUT2D eigenvalue weighted by atomic mass is 32.2. The summed E-state index contributed by atoms with van der Waals surface area (Å²) in [6, 6.07) is 13.1. The maximum Gasteiger partial charge on any atom is 0.335 e. The molecule has 1 amide bonds. The van der Waals surface area contributed by atoms with Crippen molar-refractivity contribution in [3.63, 3.8) is 0 Å². The summed E-state index contributed by atoms with van der Waals surface area (Å²) in [5.41, 5.74) is 1.45. The first-order valence-electron chi connectivity index (χ1n) is 8.39. The van der Waals surface area contributed by atoms with Gasteiger partial charge < -0.3 is 10.2 Å². The number of hydrogen-bond donors (Lipinski definition) is 2. The van der Waals surface area contributed by atoms with Gasteiger partial charge in [0.15, 0.2) is 4.32 Å². The van der Waals surface area contributed by atoms with Crippen molar-refractivity contribution >= 4 is 57.9 Å². The van der Waals surface area contributed by atoms with Crippen molar-refractivity contribution in [3.05, 3.63) is 81.8 Å². The third-order valence-electron chi connectivity index (χ3n) is 4.02. The van der Waals surface area contributed by atoms with Gasteiger partial charge in [-0.05, 0) is 42.3 Å². The molecule has 146 valence electrons. The average molecular weight is 425 g/mol. The fraction of sp³-hybridized carbons (Fsp3) is 0.0476. The number of aromatic carboxylic acids is 2. The van der Waals surface area contributed by atoms with Gasteiger partial charge in [0.05, 0.1) is 21.7 Å². The lowest BCUT2D eigenvalue weighted by atomic mass is 10.1. The third-order valence-corrected chi connectivity index (χ3v) is 5.32. The number of rotatable bonds is 5. The Kier molecular flexibility index (Phi) is 5.95. The van der Waals surface area contributed by atoms with E-state index in [4.69, 9.17) is 12.2 Å². The van der Waals surface area contributed by atoms with Gasteiger partial charge in [-0.3, -0.25) is 9.69 Å². The molecule has 29 heavy (non-hydrogen) atoms. The van der Waals surface area contributed by atoms with Gasteiger partial charge in [0, 0.05) is 0 Å². The molecule has 8 heteroatoms. The molecule has 0 bridgehead atoms. The summed E-state index contributed by atoms with van der Waals surface area (Å²) in [4.78, 5) is 37.1. The Morgan fingerprint density at radius 2 is 1.62 bits per heavy atom. The quantitative estimate of drug-likeness (QED) is 0.540. The van der Waals surface area contributed by atoms with E-state index >= 15 is 0 Å². The minimum absolute atomic E-state index is 0.109. The summed E-state index contributed by atoms with van der Waals surface area (Å²) in [7, 11) is 0. The average Bonchev–Trinajstić information content (AvgIpc) is 2.95. The number of nitrogens with zero attached hydrogens (tertiary/aromatic N) is 1. The zero-order valence-corrected chi connectivity index (χ0v) is 16.8. The highest BCUT2D eigenvalue weighted by molar-refractivity contribution is 8.27. The van der Waals surface area contributed by atoms with Crippen molar-refractivity contribution < 1.29 is 24.6 Å². The molecule has 0 aliphatic carbocycles. The topological polar surface area (TPSA) is 94.9 Å². The van der Waals surface area contributed by atoms with E-state index in [2.05, 4.69) is 0 Å². The highest BCUT2D eigenvalue weighted by Gasteiger charge is 2.34. The molecule has 2 aromatic rings. The second kappa shape index (κ2) is 8.42. The molecule has 0 aromatic heterocycles. The molecular weight excluding hydrogens is 410 g/mol. The van der Waals surface area contributed by atoms with Crippen LogP contribution >= 0.6 is 24.0 Å². The SMILES string of the molecule is CC(=Cc1ccccc1)C=C1SC(=S)N(c2cc(C(=O)O)cc(C(=O)O)c2)C1=O. The Hall–Kier alpha value is -3.23. The van der Waals surface area contributed by atoms with Crippen molar-refractivity contribution in [1.29, 1.82) is 0 Å². The highest BCUT2D eigenvalue weighted by Crippen LogP contribution is 2.36. The number of carboxylic acid groups (broad SMARTS) is 2. The van der Waals surface area contributed by atoms with E-state index in [9.17, 15) is 24.6 Å². The Labute approximate surface area is 176 Å². The zero-order chi connectivity index (χ0) is 21.1. The summed E-state index contributed by atoms with van der Waals surface area (Å²) in [6.45, 7) is 1.85. The number of carbonyl (C=O) groups excluding carboxylic acids is 1. The normalized spacial score (nSPS) is 15.8. The monoisotopic (exact) mass is 425 g/mol. The van der Waals surface area contributed by atoms with Gasteiger partial charge in [0.25, 0.3) is 5.91 Å². The predicted molar refractivity (Wildman–Crippen MR) is 116 cm³/mol. The molecule has 2 N–H and O–H groups in total. The number of amides is 1. The van der Waals surface area contributed by atoms with Gasteiger partial charge in [-0.1, -0.05) is 60.4 Å². The Bertz CT molecular complexity index is 1060. The van der Waals surface area contributed by atoms with Crippen LogP contribution in [0.15, 0.2) is 65.1 Å². The molecule has 0 saturated carbocycles. The second-order valence-corrected chi connectivity index (χ2v) is 7.87. The number of thioether (sulfide) groups is 1. The number of hydrogen-bond acceptors (Lipinski definition) is 5. The summed E-state index contributed by atoms with van der Waals surface area (Å²) in [5, 5.41) is 18.5. The van der Waals surface area contributed by atoms with Crippen molar-refractivity contribution in [2.45, 2.75) is 6.92 Å². The van der Waals surface area contributed by atoms with E-state index in [0.717, 1.165) is 33.9 Å². The van der Waals surface area contributed by atoms with E-state index in [1.807, 2.05) is 43.3 Å². The summed E-state index contributed by atoms with van der Waals surface area (Å²) in [5.74, 6) is -3.02. The van der Waals surface area contributed by atoms with E-state index < -0.39 is 17.8 Å². The number of allylic oxidation sites excluding steroid dienone is 2. The van der Waals surface area contributed by atoms with Crippen molar-refractivity contribution in [1.82, 2.24) is 0 Å². The number of thiocarbonyl (C=S) groups is 1. The molecule has 3 rings (SSSR count). The van der Waals surface area contributed by atoms with Crippen LogP contribution in [-0.4, -0.2) is 32.4 Å². The molecule has 1 saturated heterocycles. The van der Waals surface area contributed by atoms with E-state index in [0.29, 0.717) is 4.91 Å². The largest absolute Gasteiger partial charge is 0.478 e. The summed E-state index contributed by atoms with van der Waals surface area (Å²) >= 11 is 6.37. The van der Waals surface area contributed by atoms with Crippen molar-refractivity contribution in [2.24, 2.45) is 0 Å². The van der Waals surface area contributed by atoms with Crippen LogP contribution in [0, 0.1) is 0 Å². The lowest BCUT2D eigenvalue weighted by Crippen LogP contribution is -2.28. The second-order valence-electron chi connectivity index (χ2n) is 6.20. The Balaban J connectivity index is 1.96. The van der Waals surface area contributed by atoms with Crippen LogP contribution in [0.2, 0.25) is 0 Å². The van der Waals surface area contributed by atoms with Crippen LogP contribution in [0.25, 0.3) is 6.08 Å². The van der Waals surface area contributed by atoms with E-state index in [1.165, 1.54) is 12.1 Å². The van der Waals surface area contributed by atoms with Crippen LogP contribution in [0.3, 0.4) is 0 Å². The molecule has 0 spiro atoms. The minimum atomic E-state index is -1.29. The molecule has 1 heterocycles. The number of carboxylic acids is 2. The smallest absolute Gasteiger partial charge is 0.335 e. The molecule has 0 radical (unpaired) electrons. The molecule has 1 aliphatic heterocycles. The fourth-order valence-corrected chi connectivity index (χ4v) is 4.09. The molecular formula is C21H15NO5S2. The van der Waals surface area contributed by atoms with Crippen LogP contribution in [-0.2, 0) is 4.79 Å². The molecule has 6 nitrogen and oxygen atoms in total. The first kappa shape index (κ1) is 20.5. The van der Waals surface area contributed by atoms with Gasteiger partial charge in [0.1, 0.15) is 0 Å². The van der Waals surface area contributed by atoms with Crippen LogP contribution in [0.4, 0.5) is 5.69 Å². The molecule has 2 aromatic carbocycles. The molecule has 0 unspecified atom stereocenters. The minimum Gasteiger partial charge on any atom is -0.478 e. The van der Waals surface area contributed by atoms with Gasteiger partial charge >= 0.3 is 11.9 Å². The maximum absolute atomic E-state index is 12.9. The number of anilines is 1. The Morgan fingerprint density at radius 1 is 1.03 bits per heavy atom. The van der Waals surface area contributed by atoms with Crippen LogP contribution in [0.1, 0.15) is 33.2 Å².